The number of halogens is 3. The van der Waals surface area contributed by atoms with Gasteiger partial charge in [-0.2, -0.15) is 4.31 Å². The van der Waals surface area contributed by atoms with Crippen LogP contribution in [0.2, 0.25) is 0 Å². The molecule has 1 saturated heterocycles. The summed E-state index contributed by atoms with van der Waals surface area (Å²) in [5.74, 6) is -2.11. The third-order valence-electron chi connectivity index (χ3n) is 3.46. The van der Waals surface area contributed by atoms with Gasteiger partial charge in [-0.05, 0) is 26.0 Å². The summed E-state index contributed by atoms with van der Waals surface area (Å²) in [6.45, 7) is 4.21. The number of rotatable bonds is 2. The molecule has 0 saturated carbocycles. The van der Waals surface area contributed by atoms with Crippen LogP contribution < -0.4 is 5.32 Å². The Bertz CT molecular complexity index is 563. The zero-order valence-corrected chi connectivity index (χ0v) is 12.8. The van der Waals surface area contributed by atoms with Gasteiger partial charge >= 0.3 is 0 Å². The van der Waals surface area contributed by atoms with Crippen molar-refractivity contribution in [3.63, 3.8) is 0 Å². The number of hydrogen-bond donors (Lipinski definition) is 1. The van der Waals surface area contributed by atoms with Crippen molar-refractivity contribution in [2.75, 3.05) is 13.1 Å². The average Bonchev–Trinajstić information content (AvgIpc) is 2.32. The fourth-order valence-corrected chi connectivity index (χ4v) is 4.03. The minimum absolute atomic E-state index is 0. The molecule has 1 aromatic carbocycles. The summed E-state index contributed by atoms with van der Waals surface area (Å²) in [4.78, 5) is -0.865. The van der Waals surface area contributed by atoms with Gasteiger partial charge in [-0.1, -0.05) is 6.07 Å². The van der Waals surface area contributed by atoms with Crippen LogP contribution in [-0.4, -0.2) is 37.9 Å². The summed E-state index contributed by atoms with van der Waals surface area (Å²) in [6, 6.07) is 2.61. The molecule has 114 valence electrons. The van der Waals surface area contributed by atoms with Gasteiger partial charge in [0.25, 0.3) is 0 Å². The van der Waals surface area contributed by atoms with Gasteiger partial charge < -0.3 is 5.32 Å². The van der Waals surface area contributed by atoms with Crippen LogP contribution in [-0.2, 0) is 10.0 Å². The highest BCUT2D eigenvalue weighted by molar-refractivity contribution is 7.89. The summed E-state index contributed by atoms with van der Waals surface area (Å²) in [5.41, 5.74) is 0. The topological polar surface area (TPSA) is 49.4 Å². The van der Waals surface area contributed by atoms with Gasteiger partial charge in [-0.3, -0.25) is 0 Å². The zero-order chi connectivity index (χ0) is 14.2. The van der Waals surface area contributed by atoms with Crippen LogP contribution in [0.4, 0.5) is 8.78 Å². The van der Waals surface area contributed by atoms with Gasteiger partial charge in [-0.15, -0.1) is 12.4 Å². The van der Waals surface area contributed by atoms with Crippen molar-refractivity contribution in [3.8, 4) is 0 Å². The molecule has 0 bridgehead atoms. The second-order valence-electron chi connectivity index (χ2n) is 4.65. The Hall–Kier alpha value is -0.760. The molecular weight excluding hydrogens is 310 g/mol. The molecule has 0 aromatic heterocycles. The molecule has 1 aliphatic rings. The standard InChI is InChI=1S/C12H16F2N2O2S.ClH/c1-8-9(2)16(7-6-15-8)19(17,18)12-10(13)4-3-5-11(12)14;/h3-5,8-9,15H,6-7H2,1-2H3;1H. The maximum atomic E-state index is 13.7. The van der Waals surface area contributed by atoms with E-state index in [2.05, 4.69) is 5.32 Å². The first-order chi connectivity index (χ1) is 8.85. The molecule has 0 amide bonds. The number of hydrogen-bond acceptors (Lipinski definition) is 3. The lowest BCUT2D eigenvalue weighted by atomic mass is 10.1. The number of nitrogens with zero attached hydrogens (tertiary/aromatic N) is 1. The summed E-state index contributed by atoms with van der Waals surface area (Å²) in [7, 11) is -4.16. The number of piperazine rings is 1. The zero-order valence-electron chi connectivity index (χ0n) is 11.1. The van der Waals surface area contributed by atoms with E-state index in [0.717, 1.165) is 22.5 Å². The van der Waals surface area contributed by atoms with Crippen molar-refractivity contribution < 1.29 is 17.2 Å². The van der Waals surface area contributed by atoms with E-state index in [4.69, 9.17) is 0 Å². The molecule has 20 heavy (non-hydrogen) atoms. The van der Waals surface area contributed by atoms with Crippen LogP contribution in [0, 0.1) is 11.6 Å². The number of sulfonamides is 1. The lowest BCUT2D eigenvalue weighted by molar-refractivity contribution is 0.231. The van der Waals surface area contributed by atoms with E-state index in [1.54, 1.807) is 6.92 Å². The molecule has 2 rings (SSSR count). The minimum atomic E-state index is -4.16. The Balaban J connectivity index is 0.00000200. The summed E-state index contributed by atoms with van der Waals surface area (Å²) in [6.07, 6.45) is 0. The van der Waals surface area contributed by atoms with Crippen LogP contribution in [0.1, 0.15) is 13.8 Å². The monoisotopic (exact) mass is 326 g/mol. The van der Waals surface area contributed by atoms with Crippen LogP contribution in [0.15, 0.2) is 23.1 Å². The first kappa shape index (κ1) is 17.3. The molecule has 1 heterocycles. The number of nitrogens with one attached hydrogen (secondary N) is 1. The normalized spacial score (nSPS) is 24.2. The fourth-order valence-electron chi connectivity index (χ4n) is 2.21. The lowest BCUT2D eigenvalue weighted by Gasteiger charge is -2.37. The molecule has 0 spiro atoms. The summed E-state index contributed by atoms with van der Waals surface area (Å²) < 4.78 is 53.3. The molecule has 1 aliphatic heterocycles. The fraction of sp³-hybridized carbons (Fsp3) is 0.500. The van der Waals surface area contributed by atoms with Crippen molar-refractivity contribution >= 4 is 22.4 Å². The van der Waals surface area contributed by atoms with Gasteiger partial charge in [-0.25, -0.2) is 17.2 Å². The highest BCUT2D eigenvalue weighted by atomic mass is 35.5. The second kappa shape index (κ2) is 6.34. The van der Waals surface area contributed by atoms with Gasteiger partial charge in [0.05, 0.1) is 0 Å². The molecule has 2 atom stereocenters. The Kier molecular flexibility index (Phi) is 5.48. The maximum Gasteiger partial charge on any atom is 0.249 e. The Morgan fingerprint density at radius 2 is 1.80 bits per heavy atom. The SMILES string of the molecule is CC1NCCN(S(=O)(=O)c2c(F)cccc2F)C1C.Cl. The van der Waals surface area contributed by atoms with E-state index in [0.29, 0.717) is 6.54 Å². The highest BCUT2D eigenvalue weighted by Crippen LogP contribution is 2.25. The molecular formula is C12H17ClF2N2O2S. The van der Waals surface area contributed by atoms with E-state index in [-0.39, 0.29) is 31.0 Å². The predicted octanol–water partition coefficient (Wildman–Crippen LogP) is 1.76. The molecule has 2 unspecified atom stereocenters. The molecule has 8 heteroatoms. The quantitative estimate of drug-likeness (QED) is 0.901. The Morgan fingerprint density at radius 3 is 2.35 bits per heavy atom. The summed E-state index contributed by atoms with van der Waals surface area (Å²) in [5, 5.41) is 3.12. The largest absolute Gasteiger partial charge is 0.311 e. The minimum Gasteiger partial charge on any atom is -0.311 e. The van der Waals surface area contributed by atoms with Crippen molar-refractivity contribution in [1.82, 2.24) is 9.62 Å². The maximum absolute atomic E-state index is 13.7. The average molecular weight is 327 g/mol. The number of benzene rings is 1. The Morgan fingerprint density at radius 1 is 1.25 bits per heavy atom. The van der Waals surface area contributed by atoms with Crippen LogP contribution >= 0.6 is 12.4 Å². The van der Waals surface area contributed by atoms with Gasteiger partial charge in [0.2, 0.25) is 10.0 Å². The van der Waals surface area contributed by atoms with E-state index in [1.807, 2.05) is 6.92 Å². The third-order valence-corrected chi connectivity index (χ3v) is 5.50. The smallest absolute Gasteiger partial charge is 0.249 e. The molecule has 1 N–H and O–H groups in total. The van der Waals surface area contributed by atoms with Gasteiger partial charge in [0.15, 0.2) is 4.90 Å². The van der Waals surface area contributed by atoms with Crippen LogP contribution in [0.5, 0.6) is 0 Å². The molecule has 1 fully saturated rings. The first-order valence-corrected chi connectivity index (χ1v) is 7.49. The molecule has 1 aromatic rings. The lowest BCUT2D eigenvalue weighted by Crippen LogP contribution is -2.57. The van der Waals surface area contributed by atoms with Gasteiger partial charge in [0.1, 0.15) is 11.6 Å². The highest BCUT2D eigenvalue weighted by Gasteiger charge is 2.37. The predicted molar refractivity (Wildman–Crippen MR) is 74.4 cm³/mol. The van der Waals surface area contributed by atoms with Crippen LogP contribution in [0.25, 0.3) is 0 Å². The molecule has 0 aliphatic carbocycles. The Labute approximate surface area is 123 Å². The van der Waals surface area contributed by atoms with E-state index in [1.165, 1.54) is 0 Å². The van der Waals surface area contributed by atoms with E-state index in [9.17, 15) is 17.2 Å². The third kappa shape index (κ3) is 2.95. The second-order valence-corrected chi connectivity index (χ2v) is 6.48. The van der Waals surface area contributed by atoms with Gasteiger partial charge in [0, 0.05) is 25.2 Å². The first-order valence-electron chi connectivity index (χ1n) is 6.05. The summed E-state index contributed by atoms with van der Waals surface area (Å²) >= 11 is 0. The van der Waals surface area contributed by atoms with E-state index >= 15 is 0 Å². The molecule has 4 nitrogen and oxygen atoms in total. The van der Waals surface area contributed by atoms with Crippen molar-refractivity contribution in [2.24, 2.45) is 0 Å². The van der Waals surface area contributed by atoms with Crippen molar-refractivity contribution in [2.45, 2.75) is 30.8 Å². The van der Waals surface area contributed by atoms with Crippen molar-refractivity contribution in [3.05, 3.63) is 29.8 Å². The van der Waals surface area contributed by atoms with Crippen molar-refractivity contribution in [1.29, 1.82) is 0 Å². The van der Waals surface area contributed by atoms with E-state index < -0.39 is 26.6 Å². The van der Waals surface area contributed by atoms with Crippen LogP contribution in [0.3, 0.4) is 0 Å². The molecule has 0 radical (unpaired) electrons.